The Morgan fingerprint density at radius 1 is 1.20 bits per heavy atom. The topological polar surface area (TPSA) is 82.4 Å². The van der Waals surface area contributed by atoms with Gasteiger partial charge in [-0.05, 0) is 30.6 Å². The second-order valence-corrected chi connectivity index (χ2v) is 7.26. The van der Waals surface area contributed by atoms with Crippen LogP contribution in [0.1, 0.15) is 16.9 Å². The standard InChI is InChI=1S/C18H24N4O2S/c1-25-11-6-14(19)17(23)21-7-9-22(10-8-21)18(24)16-12-13-4-2-3-5-15(13)20-16/h2-5,12,14,20H,6-11,19H2,1H3/t14-/m0/s1. The SMILES string of the molecule is CSCC[C@H](N)C(=O)N1CCN(C(=O)c2cc3ccccc3[nH]2)CC1. The van der Waals surface area contributed by atoms with Crippen LogP contribution in [0.5, 0.6) is 0 Å². The van der Waals surface area contributed by atoms with Gasteiger partial charge in [0.25, 0.3) is 5.91 Å². The second-order valence-electron chi connectivity index (χ2n) is 6.28. The zero-order valence-corrected chi connectivity index (χ0v) is 15.2. The quantitative estimate of drug-likeness (QED) is 0.847. The smallest absolute Gasteiger partial charge is 0.270 e. The van der Waals surface area contributed by atoms with E-state index in [-0.39, 0.29) is 11.8 Å². The molecule has 7 heteroatoms. The molecule has 3 N–H and O–H groups in total. The molecule has 2 amide bonds. The average molecular weight is 360 g/mol. The van der Waals surface area contributed by atoms with Gasteiger partial charge in [-0.15, -0.1) is 0 Å². The average Bonchev–Trinajstić information content (AvgIpc) is 3.09. The number of nitrogens with two attached hydrogens (primary N) is 1. The summed E-state index contributed by atoms with van der Waals surface area (Å²) >= 11 is 1.69. The molecule has 1 aromatic carbocycles. The van der Waals surface area contributed by atoms with Crippen molar-refractivity contribution in [1.29, 1.82) is 0 Å². The summed E-state index contributed by atoms with van der Waals surface area (Å²) in [4.78, 5) is 31.8. The van der Waals surface area contributed by atoms with Crippen molar-refractivity contribution in [2.24, 2.45) is 5.73 Å². The molecule has 0 bridgehead atoms. The van der Waals surface area contributed by atoms with Gasteiger partial charge in [-0.3, -0.25) is 9.59 Å². The van der Waals surface area contributed by atoms with Gasteiger partial charge in [0.2, 0.25) is 5.91 Å². The van der Waals surface area contributed by atoms with Gasteiger partial charge in [0, 0.05) is 37.1 Å². The number of aromatic nitrogens is 1. The van der Waals surface area contributed by atoms with Gasteiger partial charge < -0.3 is 20.5 Å². The lowest BCUT2D eigenvalue weighted by Gasteiger charge is -2.35. The molecular formula is C18H24N4O2S. The van der Waals surface area contributed by atoms with Crippen LogP contribution in [0.25, 0.3) is 10.9 Å². The van der Waals surface area contributed by atoms with Crippen molar-refractivity contribution in [2.45, 2.75) is 12.5 Å². The maximum Gasteiger partial charge on any atom is 0.270 e. The summed E-state index contributed by atoms with van der Waals surface area (Å²) in [5.41, 5.74) is 7.53. The Labute approximate surface area is 151 Å². The van der Waals surface area contributed by atoms with Crippen LogP contribution in [0, 0.1) is 0 Å². The Morgan fingerprint density at radius 2 is 1.88 bits per heavy atom. The highest BCUT2D eigenvalue weighted by Crippen LogP contribution is 2.17. The summed E-state index contributed by atoms with van der Waals surface area (Å²) in [7, 11) is 0. The molecule has 1 aromatic heterocycles. The molecule has 1 aliphatic heterocycles. The number of carbonyl (C=O) groups is 2. The molecule has 0 unspecified atom stereocenters. The number of H-pyrrole nitrogens is 1. The molecule has 1 atom stereocenters. The summed E-state index contributed by atoms with van der Waals surface area (Å²) < 4.78 is 0. The third-order valence-corrected chi connectivity index (χ3v) is 5.23. The fourth-order valence-electron chi connectivity index (χ4n) is 3.09. The number of nitrogens with one attached hydrogen (secondary N) is 1. The van der Waals surface area contributed by atoms with Crippen molar-refractivity contribution in [2.75, 3.05) is 38.2 Å². The third-order valence-electron chi connectivity index (χ3n) is 4.59. The molecule has 134 valence electrons. The first-order valence-corrected chi connectivity index (χ1v) is 9.90. The Bertz CT molecular complexity index is 719. The van der Waals surface area contributed by atoms with Gasteiger partial charge in [0.05, 0.1) is 6.04 Å². The van der Waals surface area contributed by atoms with Crippen molar-refractivity contribution in [3.8, 4) is 0 Å². The molecule has 0 radical (unpaired) electrons. The summed E-state index contributed by atoms with van der Waals surface area (Å²) in [6.07, 6.45) is 2.69. The van der Waals surface area contributed by atoms with E-state index in [0.29, 0.717) is 38.3 Å². The highest BCUT2D eigenvalue weighted by molar-refractivity contribution is 7.98. The van der Waals surface area contributed by atoms with E-state index < -0.39 is 6.04 Å². The van der Waals surface area contributed by atoms with Gasteiger partial charge in [-0.1, -0.05) is 18.2 Å². The molecule has 3 rings (SSSR count). The van der Waals surface area contributed by atoms with E-state index in [1.165, 1.54) is 0 Å². The molecule has 6 nitrogen and oxygen atoms in total. The van der Waals surface area contributed by atoms with E-state index in [4.69, 9.17) is 5.73 Å². The zero-order valence-electron chi connectivity index (χ0n) is 14.4. The van der Waals surface area contributed by atoms with Crippen LogP contribution in [0.3, 0.4) is 0 Å². The van der Waals surface area contributed by atoms with E-state index in [1.807, 2.05) is 36.6 Å². The van der Waals surface area contributed by atoms with Gasteiger partial charge in [-0.2, -0.15) is 11.8 Å². The third kappa shape index (κ3) is 3.99. The highest BCUT2D eigenvalue weighted by Gasteiger charge is 2.27. The summed E-state index contributed by atoms with van der Waals surface area (Å²) in [6.45, 7) is 2.15. The van der Waals surface area contributed by atoms with Gasteiger partial charge in [0.1, 0.15) is 5.69 Å². The monoisotopic (exact) mass is 360 g/mol. The number of piperazine rings is 1. The Morgan fingerprint density at radius 3 is 2.56 bits per heavy atom. The number of thioether (sulfide) groups is 1. The number of hydrogen-bond donors (Lipinski definition) is 2. The number of carbonyl (C=O) groups excluding carboxylic acids is 2. The molecule has 1 fully saturated rings. The Hall–Kier alpha value is -1.99. The zero-order chi connectivity index (χ0) is 17.8. The van der Waals surface area contributed by atoms with E-state index in [0.717, 1.165) is 16.7 Å². The van der Waals surface area contributed by atoms with Gasteiger partial charge in [-0.25, -0.2) is 0 Å². The molecule has 0 saturated carbocycles. The van der Waals surface area contributed by atoms with Crippen LogP contribution < -0.4 is 5.73 Å². The molecule has 0 aliphatic carbocycles. The lowest BCUT2D eigenvalue weighted by Crippen LogP contribution is -2.54. The number of rotatable bonds is 5. The minimum Gasteiger partial charge on any atom is -0.351 e. The van der Waals surface area contributed by atoms with Crippen LogP contribution in [0.2, 0.25) is 0 Å². The Balaban J connectivity index is 1.58. The predicted molar refractivity (Wildman–Crippen MR) is 102 cm³/mol. The van der Waals surface area contributed by atoms with E-state index in [1.54, 1.807) is 21.6 Å². The lowest BCUT2D eigenvalue weighted by atomic mass is 10.2. The summed E-state index contributed by atoms with van der Waals surface area (Å²) in [5, 5.41) is 1.03. The van der Waals surface area contributed by atoms with Gasteiger partial charge in [0.15, 0.2) is 0 Å². The molecule has 1 aliphatic rings. The van der Waals surface area contributed by atoms with Crippen molar-refractivity contribution >= 4 is 34.5 Å². The predicted octanol–water partition coefficient (Wildman–Crippen LogP) is 1.53. The number of amides is 2. The van der Waals surface area contributed by atoms with Gasteiger partial charge >= 0.3 is 0 Å². The molecule has 2 heterocycles. The first-order valence-electron chi connectivity index (χ1n) is 8.50. The maximum atomic E-state index is 12.7. The Kier molecular flexibility index (Phi) is 5.65. The summed E-state index contributed by atoms with van der Waals surface area (Å²) in [6, 6.07) is 9.28. The highest BCUT2D eigenvalue weighted by atomic mass is 32.2. The second kappa shape index (κ2) is 7.93. The number of nitrogens with zero attached hydrogens (tertiary/aromatic N) is 2. The largest absolute Gasteiger partial charge is 0.351 e. The van der Waals surface area contributed by atoms with Crippen LogP contribution >= 0.6 is 11.8 Å². The normalized spacial score (nSPS) is 16.2. The fourth-order valence-corrected chi connectivity index (χ4v) is 3.58. The number of para-hydroxylation sites is 1. The maximum absolute atomic E-state index is 12.7. The molecule has 25 heavy (non-hydrogen) atoms. The molecule has 2 aromatic rings. The van der Waals surface area contributed by atoms with Crippen LogP contribution in [0.4, 0.5) is 0 Å². The number of fused-ring (bicyclic) bond motifs is 1. The minimum absolute atomic E-state index is 0.00763. The molecule has 1 saturated heterocycles. The summed E-state index contributed by atoms with van der Waals surface area (Å²) in [5.74, 6) is 0.855. The number of aromatic amines is 1. The van der Waals surface area contributed by atoms with Crippen LogP contribution in [-0.4, -0.2) is 70.8 Å². The molecular weight excluding hydrogens is 336 g/mol. The van der Waals surface area contributed by atoms with E-state index in [9.17, 15) is 9.59 Å². The van der Waals surface area contributed by atoms with Crippen molar-refractivity contribution in [3.63, 3.8) is 0 Å². The van der Waals surface area contributed by atoms with Crippen molar-refractivity contribution < 1.29 is 9.59 Å². The molecule has 0 spiro atoms. The first kappa shape index (κ1) is 17.8. The lowest BCUT2D eigenvalue weighted by molar-refractivity contribution is -0.134. The van der Waals surface area contributed by atoms with E-state index >= 15 is 0 Å². The number of benzene rings is 1. The van der Waals surface area contributed by atoms with Crippen molar-refractivity contribution in [1.82, 2.24) is 14.8 Å². The van der Waals surface area contributed by atoms with Crippen molar-refractivity contribution in [3.05, 3.63) is 36.0 Å². The van der Waals surface area contributed by atoms with Crippen LogP contribution in [-0.2, 0) is 4.79 Å². The fraction of sp³-hybridized carbons (Fsp3) is 0.444. The first-order chi connectivity index (χ1) is 12.1. The van der Waals surface area contributed by atoms with E-state index in [2.05, 4.69) is 4.98 Å². The minimum atomic E-state index is -0.441. The van der Waals surface area contributed by atoms with Crippen LogP contribution in [0.15, 0.2) is 30.3 Å². The number of hydrogen-bond acceptors (Lipinski definition) is 4.